The van der Waals surface area contributed by atoms with Crippen molar-refractivity contribution in [1.82, 2.24) is 4.90 Å². The molecule has 6 heteroatoms. The average molecular weight is 320 g/mol. The largest absolute Gasteiger partial charge is 0.454 e. The highest BCUT2D eigenvalue weighted by Gasteiger charge is 2.32. The van der Waals surface area contributed by atoms with Crippen LogP contribution >= 0.6 is 0 Å². The number of ether oxygens (including phenoxy) is 3. The second kappa shape index (κ2) is 6.18. The van der Waals surface area contributed by atoms with Crippen LogP contribution in [-0.2, 0) is 4.74 Å². The van der Waals surface area contributed by atoms with Gasteiger partial charge in [0.15, 0.2) is 11.5 Å². The van der Waals surface area contributed by atoms with E-state index in [0.29, 0.717) is 6.54 Å². The Labute approximate surface area is 136 Å². The topological polar surface area (TPSA) is 60.0 Å². The Bertz CT molecular complexity index is 582. The highest BCUT2D eigenvalue weighted by Crippen LogP contribution is 2.34. The monoisotopic (exact) mass is 320 g/mol. The molecule has 126 valence electrons. The molecule has 2 aliphatic rings. The molecule has 1 atom stereocenters. The molecule has 23 heavy (non-hydrogen) atoms. The summed E-state index contributed by atoms with van der Waals surface area (Å²) in [5.74, 6) is 1.53. The van der Waals surface area contributed by atoms with Crippen molar-refractivity contribution in [2.75, 3.05) is 25.2 Å². The lowest BCUT2D eigenvalue weighted by Gasteiger charge is -2.29. The maximum Gasteiger partial charge on any atom is 0.410 e. The van der Waals surface area contributed by atoms with Crippen molar-refractivity contribution in [2.24, 2.45) is 0 Å². The number of fused-ring (bicyclic) bond motifs is 1. The van der Waals surface area contributed by atoms with Crippen LogP contribution in [0.1, 0.15) is 33.6 Å². The van der Waals surface area contributed by atoms with Gasteiger partial charge in [-0.25, -0.2) is 4.79 Å². The number of anilines is 1. The molecule has 0 saturated carbocycles. The molecule has 3 rings (SSSR count). The summed E-state index contributed by atoms with van der Waals surface area (Å²) in [6, 6.07) is 5.93. The van der Waals surface area contributed by atoms with E-state index < -0.39 is 5.60 Å². The standard InChI is InChI=1S/C17H24N2O4/c1-17(2,3)23-16(20)19-8-4-5-13(19)10-18-12-6-7-14-15(9-12)22-11-21-14/h6-7,9,13,18H,4-5,8,10-11H2,1-3H3. The summed E-state index contributed by atoms with van der Waals surface area (Å²) in [4.78, 5) is 14.1. The normalized spacial score (nSPS) is 19.8. The number of nitrogens with zero attached hydrogens (tertiary/aromatic N) is 1. The van der Waals surface area contributed by atoms with Gasteiger partial charge in [-0.05, 0) is 45.7 Å². The van der Waals surface area contributed by atoms with Gasteiger partial charge in [-0.3, -0.25) is 0 Å². The molecule has 1 aromatic carbocycles. The smallest absolute Gasteiger partial charge is 0.410 e. The molecule has 0 bridgehead atoms. The van der Waals surface area contributed by atoms with Crippen LogP contribution in [0.2, 0.25) is 0 Å². The highest BCUT2D eigenvalue weighted by molar-refractivity contribution is 5.69. The van der Waals surface area contributed by atoms with Gasteiger partial charge in [0.25, 0.3) is 0 Å². The maximum absolute atomic E-state index is 12.3. The minimum atomic E-state index is -0.463. The van der Waals surface area contributed by atoms with E-state index in [9.17, 15) is 4.79 Å². The van der Waals surface area contributed by atoms with Crippen molar-refractivity contribution < 1.29 is 19.0 Å². The first-order valence-corrected chi connectivity index (χ1v) is 8.05. The zero-order valence-electron chi connectivity index (χ0n) is 13.9. The molecule has 2 aliphatic heterocycles. The van der Waals surface area contributed by atoms with Gasteiger partial charge in [-0.15, -0.1) is 0 Å². The van der Waals surface area contributed by atoms with E-state index in [1.54, 1.807) is 0 Å². The summed E-state index contributed by atoms with van der Waals surface area (Å²) >= 11 is 0. The van der Waals surface area contributed by atoms with Crippen LogP contribution in [0.4, 0.5) is 10.5 Å². The number of carbonyl (C=O) groups is 1. The number of hydrogen-bond donors (Lipinski definition) is 1. The number of amides is 1. The van der Waals surface area contributed by atoms with Gasteiger partial charge in [-0.2, -0.15) is 0 Å². The fraction of sp³-hybridized carbons (Fsp3) is 0.588. The molecular formula is C17H24N2O4. The van der Waals surface area contributed by atoms with E-state index in [2.05, 4.69) is 5.32 Å². The Hall–Kier alpha value is -2.11. The number of rotatable bonds is 3. The number of likely N-dealkylation sites (tertiary alicyclic amines) is 1. The summed E-state index contributed by atoms with van der Waals surface area (Å²) in [6.45, 7) is 7.39. The molecule has 0 aromatic heterocycles. The zero-order chi connectivity index (χ0) is 16.4. The lowest BCUT2D eigenvalue weighted by molar-refractivity contribution is 0.0235. The number of nitrogens with one attached hydrogen (secondary N) is 1. The van der Waals surface area contributed by atoms with E-state index in [-0.39, 0.29) is 18.9 Å². The van der Waals surface area contributed by atoms with E-state index in [4.69, 9.17) is 14.2 Å². The molecule has 1 N–H and O–H groups in total. The molecule has 1 amide bonds. The first-order chi connectivity index (χ1) is 10.9. The van der Waals surface area contributed by atoms with Gasteiger partial charge in [0.1, 0.15) is 5.60 Å². The Morgan fingerprint density at radius 2 is 2.13 bits per heavy atom. The van der Waals surface area contributed by atoms with Gasteiger partial charge in [0, 0.05) is 24.8 Å². The summed E-state index contributed by atoms with van der Waals surface area (Å²) < 4.78 is 16.2. The van der Waals surface area contributed by atoms with Gasteiger partial charge in [-0.1, -0.05) is 0 Å². The van der Waals surface area contributed by atoms with Crippen LogP contribution in [0.3, 0.4) is 0 Å². The second-order valence-corrected chi connectivity index (χ2v) is 6.92. The molecule has 1 aromatic rings. The van der Waals surface area contributed by atoms with Crippen molar-refractivity contribution in [3.05, 3.63) is 18.2 Å². The SMILES string of the molecule is CC(C)(C)OC(=O)N1CCCC1CNc1ccc2c(c1)OCO2. The van der Waals surface area contributed by atoms with Crippen molar-refractivity contribution in [3.63, 3.8) is 0 Å². The molecule has 6 nitrogen and oxygen atoms in total. The van der Waals surface area contributed by atoms with Crippen molar-refractivity contribution in [3.8, 4) is 11.5 Å². The summed E-state index contributed by atoms with van der Waals surface area (Å²) in [5.41, 5.74) is 0.500. The minimum absolute atomic E-state index is 0.148. The van der Waals surface area contributed by atoms with Crippen molar-refractivity contribution in [1.29, 1.82) is 0 Å². The average Bonchev–Trinajstić information content (AvgIpc) is 3.11. The van der Waals surface area contributed by atoms with Crippen molar-refractivity contribution >= 4 is 11.8 Å². The minimum Gasteiger partial charge on any atom is -0.454 e. The molecule has 1 unspecified atom stereocenters. The first-order valence-electron chi connectivity index (χ1n) is 8.05. The van der Waals surface area contributed by atoms with E-state index in [1.807, 2.05) is 43.9 Å². The third-order valence-electron chi connectivity index (χ3n) is 3.92. The fourth-order valence-corrected chi connectivity index (χ4v) is 2.85. The molecule has 2 heterocycles. The Balaban J connectivity index is 1.57. The lowest BCUT2D eigenvalue weighted by atomic mass is 10.2. The van der Waals surface area contributed by atoms with Gasteiger partial charge >= 0.3 is 6.09 Å². The van der Waals surface area contributed by atoms with Gasteiger partial charge in [0.2, 0.25) is 6.79 Å². The first kappa shape index (κ1) is 15.8. The van der Waals surface area contributed by atoms with E-state index in [0.717, 1.165) is 36.6 Å². The van der Waals surface area contributed by atoms with Crippen LogP contribution in [0.5, 0.6) is 11.5 Å². The predicted octanol–water partition coefficient (Wildman–Crippen LogP) is 3.23. The third kappa shape index (κ3) is 3.81. The predicted molar refractivity (Wildman–Crippen MR) is 87.0 cm³/mol. The summed E-state index contributed by atoms with van der Waals surface area (Å²) in [6.07, 6.45) is 1.76. The van der Waals surface area contributed by atoms with Crippen LogP contribution in [-0.4, -0.2) is 42.5 Å². The highest BCUT2D eigenvalue weighted by atomic mass is 16.7. The Morgan fingerprint density at radius 3 is 2.91 bits per heavy atom. The fourth-order valence-electron chi connectivity index (χ4n) is 2.85. The summed E-state index contributed by atoms with van der Waals surface area (Å²) in [7, 11) is 0. The second-order valence-electron chi connectivity index (χ2n) is 6.92. The molecule has 0 spiro atoms. The molecule has 0 aliphatic carbocycles. The molecular weight excluding hydrogens is 296 g/mol. The number of benzene rings is 1. The van der Waals surface area contributed by atoms with E-state index in [1.165, 1.54) is 0 Å². The lowest BCUT2D eigenvalue weighted by Crippen LogP contribution is -2.42. The number of hydrogen-bond acceptors (Lipinski definition) is 5. The van der Waals surface area contributed by atoms with Crippen LogP contribution in [0.25, 0.3) is 0 Å². The van der Waals surface area contributed by atoms with Crippen molar-refractivity contribution in [2.45, 2.75) is 45.3 Å². The molecule has 1 saturated heterocycles. The van der Waals surface area contributed by atoms with Crippen LogP contribution in [0.15, 0.2) is 18.2 Å². The molecule has 0 radical (unpaired) electrons. The van der Waals surface area contributed by atoms with Crippen LogP contribution < -0.4 is 14.8 Å². The van der Waals surface area contributed by atoms with Gasteiger partial charge < -0.3 is 24.4 Å². The van der Waals surface area contributed by atoms with Gasteiger partial charge in [0.05, 0.1) is 6.04 Å². The van der Waals surface area contributed by atoms with E-state index >= 15 is 0 Å². The van der Waals surface area contributed by atoms with Crippen LogP contribution in [0, 0.1) is 0 Å². The quantitative estimate of drug-likeness (QED) is 0.926. The zero-order valence-corrected chi connectivity index (χ0v) is 13.9. The Morgan fingerprint density at radius 1 is 1.35 bits per heavy atom. The molecule has 1 fully saturated rings. The Kier molecular flexibility index (Phi) is 4.24. The maximum atomic E-state index is 12.3. The third-order valence-corrected chi connectivity index (χ3v) is 3.92. The summed E-state index contributed by atoms with van der Waals surface area (Å²) in [5, 5.41) is 3.38. The number of carbonyl (C=O) groups excluding carboxylic acids is 1.